The van der Waals surface area contributed by atoms with Crippen molar-refractivity contribution < 1.29 is 9.53 Å². The highest BCUT2D eigenvalue weighted by Crippen LogP contribution is 2.17. The van der Waals surface area contributed by atoms with E-state index in [1.54, 1.807) is 13.2 Å². The molecule has 0 radical (unpaired) electrons. The molecule has 0 aromatic heterocycles. The molecule has 3 nitrogen and oxygen atoms in total. The standard InChI is InChI=1S/C19H21NO2/c1-14(2)16-7-9-17(10-8-16)20-19(21)13-6-15-4-11-18(22-3)12-5-15/h4-14H,1-3H3,(H,20,21). The largest absolute Gasteiger partial charge is 0.497 e. The van der Waals surface area contributed by atoms with Gasteiger partial charge in [-0.3, -0.25) is 4.79 Å². The molecule has 2 aromatic rings. The zero-order valence-corrected chi connectivity index (χ0v) is 13.2. The summed E-state index contributed by atoms with van der Waals surface area (Å²) in [6, 6.07) is 15.5. The van der Waals surface area contributed by atoms with Crippen LogP contribution in [-0.2, 0) is 4.79 Å². The summed E-state index contributed by atoms with van der Waals surface area (Å²) < 4.78 is 5.10. The van der Waals surface area contributed by atoms with Crippen molar-refractivity contribution in [1.29, 1.82) is 0 Å². The van der Waals surface area contributed by atoms with Gasteiger partial charge in [-0.15, -0.1) is 0 Å². The van der Waals surface area contributed by atoms with E-state index in [1.807, 2.05) is 48.5 Å². The van der Waals surface area contributed by atoms with Crippen molar-refractivity contribution in [1.82, 2.24) is 0 Å². The average molecular weight is 295 g/mol. The fourth-order valence-corrected chi connectivity index (χ4v) is 2.02. The molecule has 0 fully saturated rings. The second-order valence-electron chi connectivity index (χ2n) is 5.37. The first-order valence-corrected chi connectivity index (χ1v) is 7.31. The van der Waals surface area contributed by atoms with Crippen LogP contribution >= 0.6 is 0 Å². The Hall–Kier alpha value is -2.55. The zero-order chi connectivity index (χ0) is 15.9. The number of benzene rings is 2. The predicted octanol–water partition coefficient (Wildman–Crippen LogP) is 4.47. The van der Waals surface area contributed by atoms with Crippen LogP contribution in [0.25, 0.3) is 6.08 Å². The van der Waals surface area contributed by atoms with E-state index in [1.165, 1.54) is 11.6 Å². The van der Waals surface area contributed by atoms with Gasteiger partial charge in [-0.1, -0.05) is 38.1 Å². The Balaban J connectivity index is 1.95. The van der Waals surface area contributed by atoms with Gasteiger partial charge < -0.3 is 10.1 Å². The molecule has 0 heterocycles. The minimum absolute atomic E-state index is 0.145. The topological polar surface area (TPSA) is 38.3 Å². The Labute approximate surface area is 131 Å². The van der Waals surface area contributed by atoms with Gasteiger partial charge in [0.15, 0.2) is 0 Å². The van der Waals surface area contributed by atoms with Crippen LogP contribution in [-0.4, -0.2) is 13.0 Å². The predicted molar refractivity (Wildman–Crippen MR) is 91.2 cm³/mol. The van der Waals surface area contributed by atoms with Crippen molar-refractivity contribution in [3.05, 3.63) is 65.7 Å². The smallest absolute Gasteiger partial charge is 0.248 e. The van der Waals surface area contributed by atoms with E-state index in [2.05, 4.69) is 19.2 Å². The Bertz CT molecular complexity index is 640. The lowest BCUT2D eigenvalue weighted by atomic mass is 10.0. The molecule has 114 valence electrons. The number of carbonyl (C=O) groups excluding carboxylic acids is 1. The van der Waals surface area contributed by atoms with E-state index in [0.29, 0.717) is 5.92 Å². The lowest BCUT2D eigenvalue weighted by Crippen LogP contribution is -2.07. The molecule has 22 heavy (non-hydrogen) atoms. The van der Waals surface area contributed by atoms with Gasteiger partial charge in [-0.2, -0.15) is 0 Å². The van der Waals surface area contributed by atoms with Crippen LogP contribution in [0.3, 0.4) is 0 Å². The van der Waals surface area contributed by atoms with Crippen LogP contribution in [0.2, 0.25) is 0 Å². The van der Waals surface area contributed by atoms with Crippen molar-refractivity contribution in [2.75, 3.05) is 12.4 Å². The normalized spacial score (nSPS) is 10.9. The number of hydrogen-bond donors (Lipinski definition) is 1. The molecular formula is C19H21NO2. The van der Waals surface area contributed by atoms with Gasteiger partial charge in [0, 0.05) is 11.8 Å². The molecule has 0 saturated heterocycles. The van der Waals surface area contributed by atoms with Gasteiger partial charge in [0.2, 0.25) is 5.91 Å². The highest BCUT2D eigenvalue weighted by atomic mass is 16.5. The molecule has 0 unspecified atom stereocenters. The van der Waals surface area contributed by atoms with Crippen LogP contribution in [0.5, 0.6) is 5.75 Å². The van der Waals surface area contributed by atoms with Crippen molar-refractivity contribution in [2.45, 2.75) is 19.8 Å². The molecule has 0 aliphatic carbocycles. The Kier molecular flexibility index (Phi) is 5.37. The Morgan fingerprint density at radius 3 is 2.23 bits per heavy atom. The van der Waals surface area contributed by atoms with Crippen LogP contribution in [0.1, 0.15) is 30.9 Å². The number of ether oxygens (including phenoxy) is 1. The maximum Gasteiger partial charge on any atom is 0.248 e. The summed E-state index contributed by atoms with van der Waals surface area (Å²) in [5, 5.41) is 2.85. The summed E-state index contributed by atoms with van der Waals surface area (Å²) in [5.74, 6) is 1.14. The third kappa shape index (κ3) is 4.48. The summed E-state index contributed by atoms with van der Waals surface area (Å²) in [6.07, 6.45) is 3.30. The first-order chi connectivity index (χ1) is 10.6. The quantitative estimate of drug-likeness (QED) is 0.826. The highest BCUT2D eigenvalue weighted by Gasteiger charge is 2.01. The maximum absolute atomic E-state index is 11.9. The van der Waals surface area contributed by atoms with E-state index >= 15 is 0 Å². The van der Waals surface area contributed by atoms with Crippen LogP contribution in [0.4, 0.5) is 5.69 Å². The maximum atomic E-state index is 11.9. The van der Waals surface area contributed by atoms with Gasteiger partial charge in [0.1, 0.15) is 5.75 Å². The van der Waals surface area contributed by atoms with E-state index in [9.17, 15) is 4.79 Å². The summed E-state index contributed by atoms with van der Waals surface area (Å²) in [5.41, 5.74) is 3.01. The average Bonchev–Trinajstić information content (AvgIpc) is 2.54. The van der Waals surface area contributed by atoms with Crippen LogP contribution < -0.4 is 10.1 Å². The third-order valence-corrected chi connectivity index (χ3v) is 3.39. The number of amides is 1. The molecular weight excluding hydrogens is 274 g/mol. The SMILES string of the molecule is COc1ccc(C=CC(=O)Nc2ccc(C(C)C)cc2)cc1. The number of carbonyl (C=O) groups is 1. The zero-order valence-electron chi connectivity index (χ0n) is 13.2. The molecule has 0 atom stereocenters. The minimum atomic E-state index is -0.145. The monoisotopic (exact) mass is 295 g/mol. The fraction of sp³-hybridized carbons (Fsp3) is 0.211. The molecule has 2 aromatic carbocycles. The lowest BCUT2D eigenvalue weighted by Gasteiger charge is -2.07. The van der Waals surface area contributed by atoms with Crippen LogP contribution in [0, 0.1) is 0 Å². The second-order valence-corrected chi connectivity index (χ2v) is 5.37. The summed E-state index contributed by atoms with van der Waals surface area (Å²) in [4.78, 5) is 11.9. The van der Waals surface area contributed by atoms with Gasteiger partial charge in [-0.25, -0.2) is 0 Å². The van der Waals surface area contributed by atoms with Crippen molar-refractivity contribution in [3.63, 3.8) is 0 Å². The minimum Gasteiger partial charge on any atom is -0.497 e. The van der Waals surface area contributed by atoms with Crippen LogP contribution in [0.15, 0.2) is 54.6 Å². The van der Waals surface area contributed by atoms with Gasteiger partial charge >= 0.3 is 0 Å². The first kappa shape index (κ1) is 15.8. The van der Waals surface area contributed by atoms with E-state index < -0.39 is 0 Å². The molecule has 0 aliphatic rings. The molecule has 1 amide bonds. The van der Waals surface area contributed by atoms with Crippen molar-refractivity contribution >= 4 is 17.7 Å². The van der Waals surface area contributed by atoms with E-state index in [4.69, 9.17) is 4.74 Å². The third-order valence-electron chi connectivity index (χ3n) is 3.39. The molecule has 0 bridgehead atoms. The van der Waals surface area contributed by atoms with Gasteiger partial charge in [-0.05, 0) is 47.4 Å². The summed E-state index contributed by atoms with van der Waals surface area (Å²) in [6.45, 7) is 4.29. The molecule has 1 N–H and O–H groups in total. The number of hydrogen-bond acceptors (Lipinski definition) is 2. The number of anilines is 1. The molecule has 3 heteroatoms. The first-order valence-electron chi connectivity index (χ1n) is 7.31. The second kappa shape index (κ2) is 7.46. The number of rotatable bonds is 5. The Morgan fingerprint density at radius 1 is 1.05 bits per heavy atom. The number of methoxy groups -OCH3 is 1. The van der Waals surface area contributed by atoms with Gasteiger partial charge in [0.05, 0.1) is 7.11 Å². The van der Waals surface area contributed by atoms with E-state index in [-0.39, 0.29) is 5.91 Å². The fourth-order valence-electron chi connectivity index (χ4n) is 2.02. The summed E-state index contributed by atoms with van der Waals surface area (Å²) in [7, 11) is 1.63. The molecule has 0 saturated carbocycles. The van der Waals surface area contributed by atoms with Gasteiger partial charge in [0.25, 0.3) is 0 Å². The molecule has 0 aliphatic heterocycles. The Morgan fingerprint density at radius 2 is 1.68 bits per heavy atom. The molecule has 2 rings (SSSR count). The lowest BCUT2D eigenvalue weighted by molar-refractivity contribution is -0.111. The van der Waals surface area contributed by atoms with Crippen molar-refractivity contribution in [2.24, 2.45) is 0 Å². The van der Waals surface area contributed by atoms with E-state index in [0.717, 1.165) is 17.0 Å². The number of nitrogens with one attached hydrogen (secondary N) is 1. The highest BCUT2D eigenvalue weighted by molar-refractivity contribution is 6.01. The molecule has 0 spiro atoms. The van der Waals surface area contributed by atoms with Crippen molar-refractivity contribution in [3.8, 4) is 5.75 Å². The summed E-state index contributed by atoms with van der Waals surface area (Å²) >= 11 is 0.